The first-order valence-corrected chi connectivity index (χ1v) is 5.83. The molecule has 0 aliphatic heterocycles. The van der Waals surface area contributed by atoms with Crippen LogP contribution in [0.2, 0.25) is 0 Å². The fourth-order valence-corrected chi connectivity index (χ4v) is 1.57. The van der Waals surface area contributed by atoms with E-state index in [1.54, 1.807) is 12.1 Å². The molecule has 0 saturated carbocycles. The molecule has 1 heterocycles. The molecule has 5 heteroatoms. The van der Waals surface area contributed by atoms with E-state index in [-0.39, 0.29) is 5.56 Å². The summed E-state index contributed by atoms with van der Waals surface area (Å²) < 4.78 is 0. The van der Waals surface area contributed by atoms with Crippen LogP contribution in [0.4, 0.5) is 0 Å². The van der Waals surface area contributed by atoms with Crippen LogP contribution in [0.3, 0.4) is 0 Å². The van der Waals surface area contributed by atoms with Crippen molar-refractivity contribution >= 4 is 5.97 Å². The van der Waals surface area contributed by atoms with Gasteiger partial charge in [0.15, 0.2) is 0 Å². The van der Waals surface area contributed by atoms with E-state index in [9.17, 15) is 4.79 Å². The standard InChI is InChI=1S/C13H17N3O2/c1-10(2)16(7-3-6-14)9-12-5-4-11(8-15-12)13(17)18/h4-5,8,10H,3,7,9H2,1-2H3,(H,17,18). The largest absolute Gasteiger partial charge is 0.478 e. The van der Waals surface area contributed by atoms with Crippen LogP contribution in [-0.4, -0.2) is 33.5 Å². The molecule has 0 aromatic carbocycles. The molecule has 0 saturated heterocycles. The van der Waals surface area contributed by atoms with E-state index < -0.39 is 5.97 Å². The highest BCUT2D eigenvalue weighted by molar-refractivity contribution is 5.87. The van der Waals surface area contributed by atoms with Gasteiger partial charge < -0.3 is 5.11 Å². The first-order valence-electron chi connectivity index (χ1n) is 5.83. The number of rotatable bonds is 6. The molecule has 0 unspecified atom stereocenters. The Morgan fingerprint density at radius 2 is 2.28 bits per heavy atom. The molecule has 0 fully saturated rings. The van der Waals surface area contributed by atoms with Crippen molar-refractivity contribution in [2.75, 3.05) is 6.54 Å². The Bertz CT molecular complexity index is 435. The third-order valence-corrected chi connectivity index (χ3v) is 2.68. The molecule has 0 atom stereocenters. The van der Waals surface area contributed by atoms with Gasteiger partial charge in [0.25, 0.3) is 0 Å². The van der Waals surface area contributed by atoms with Gasteiger partial charge in [-0.15, -0.1) is 0 Å². The van der Waals surface area contributed by atoms with Crippen molar-refractivity contribution in [3.63, 3.8) is 0 Å². The van der Waals surface area contributed by atoms with E-state index in [0.717, 1.165) is 5.69 Å². The molecular formula is C13H17N3O2. The predicted molar refractivity (Wildman–Crippen MR) is 67.0 cm³/mol. The average molecular weight is 247 g/mol. The highest BCUT2D eigenvalue weighted by Gasteiger charge is 2.11. The fourth-order valence-electron chi connectivity index (χ4n) is 1.57. The third-order valence-electron chi connectivity index (χ3n) is 2.68. The lowest BCUT2D eigenvalue weighted by atomic mass is 10.2. The second-order valence-electron chi connectivity index (χ2n) is 4.32. The Morgan fingerprint density at radius 1 is 1.56 bits per heavy atom. The van der Waals surface area contributed by atoms with Crippen molar-refractivity contribution in [2.24, 2.45) is 0 Å². The molecule has 1 rings (SSSR count). The zero-order chi connectivity index (χ0) is 13.5. The molecule has 1 aromatic heterocycles. The van der Waals surface area contributed by atoms with Crippen molar-refractivity contribution in [1.29, 1.82) is 5.26 Å². The van der Waals surface area contributed by atoms with Gasteiger partial charge in [0.2, 0.25) is 0 Å². The topological polar surface area (TPSA) is 77.2 Å². The van der Waals surface area contributed by atoms with Crippen LogP contribution in [0.25, 0.3) is 0 Å². The third kappa shape index (κ3) is 4.15. The van der Waals surface area contributed by atoms with Crippen molar-refractivity contribution < 1.29 is 9.90 Å². The van der Waals surface area contributed by atoms with E-state index in [1.807, 2.05) is 0 Å². The Kier molecular flexibility index (Phi) is 5.28. The molecule has 0 aliphatic rings. The Balaban J connectivity index is 2.69. The highest BCUT2D eigenvalue weighted by Crippen LogP contribution is 2.08. The fraction of sp³-hybridized carbons (Fsp3) is 0.462. The van der Waals surface area contributed by atoms with Gasteiger partial charge in [0.1, 0.15) is 0 Å². The van der Waals surface area contributed by atoms with Gasteiger partial charge in [-0.1, -0.05) is 0 Å². The van der Waals surface area contributed by atoms with Crippen LogP contribution in [-0.2, 0) is 6.54 Å². The van der Waals surface area contributed by atoms with Gasteiger partial charge in [-0.25, -0.2) is 4.79 Å². The molecule has 1 N–H and O–H groups in total. The summed E-state index contributed by atoms with van der Waals surface area (Å²) in [7, 11) is 0. The Morgan fingerprint density at radius 3 is 2.72 bits per heavy atom. The van der Waals surface area contributed by atoms with Crippen LogP contribution in [0, 0.1) is 11.3 Å². The van der Waals surface area contributed by atoms with Crippen molar-refractivity contribution in [3.8, 4) is 6.07 Å². The minimum absolute atomic E-state index is 0.187. The summed E-state index contributed by atoms with van der Waals surface area (Å²) in [5, 5.41) is 17.4. The molecular weight excluding hydrogens is 230 g/mol. The second kappa shape index (κ2) is 6.72. The molecule has 0 bridgehead atoms. The summed E-state index contributed by atoms with van der Waals surface area (Å²) in [6.07, 6.45) is 1.84. The Labute approximate surface area is 107 Å². The number of nitriles is 1. The summed E-state index contributed by atoms with van der Waals surface area (Å²) in [4.78, 5) is 17.0. The smallest absolute Gasteiger partial charge is 0.337 e. The normalized spacial score (nSPS) is 10.6. The number of aromatic nitrogens is 1. The van der Waals surface area contributed by atoms with Gasteiger partial charge >= 0.3 is 5.97 Å². The maximum atomic E-state index is 10.7. The average Bonchev–Trinajstić information content (AvgIpc) is 2.34. The minimum Gasteiger partial charge on any atom is -0.478 e. The molecule has 0 aliphatic carbocycles. The number of nitrogens with zero attached hydrogens (tertiary/aromatic N) is 3. The summed E-state index contributed by atoms with van der Waals surface area (Å²) in [5.74, 6) is -0.973. The van der Waals surface area contributed by atoms with Crippen molar-refractivity contribution in [1.82, 2.24) is 9.88 Å². The lowest BCUT2D eigenvalue weighted by Gasteiger charge is -2.24. The van der Waals surface area contributed by atoms with Crippen LogP contribution >= 0.6 is 0 Å². The van der Waals surface area contributed by atoms with Gasteiger partial charge in [0, 0.05) is 31.7 Å². The van der Waals surface area contributed by atoms with E-state index in [0.29, 0.717) is 25.6 Å². The van der Waals surface area contributed by atoms with Gasteiger partial charge in [-0.2, -0.15) is 5.26 Å². The number of carboxylic acid groups (broad SMARTS) is 1. The molecule has 5 nitrogen and oxygen atoms in total. The molecule has 96 valence electrons. The van der Waals surface area contributed by atoms with Crippen LogP contribution in [0.5, 0.6) is 0 Å². The first kappa shape index (κ1) is 14.1. The summed E-state index contributed by atoms with van der Waals surface area (Å²) in [6, 6.07) is 5.70. The molecule has 0 radical (unpaired) electrons. The van der Waals surface area contributed by atoms with Crippen molar-refractivity contribution in [3.05, 3.63) is 29.6 Å². The monoisotopic (exact) mass is 247 g/mol. The number of carbonyl (C=O) groups is 1. The summed E-state index contributed by atoms with van der Waals surface area (Å²) in [6.45, 7) is 5.43. The van der Waals surface area contributed by atoms with Gasteiger partial charge in [-0.05, 0) is 26.0 Å². The number of hydrogen-bond donors (Lipinski definition) is 1. The molecule has 0 spiro atoms. The van der Waals surface area contributed by atoms with Crippen LogP contribution in [0.15, 0.2) is 18.3 Å². The van der Waals surface area contributed by atoms with E-state index in [1.165, 1.54) is 6.20 Å². The maximum Gasteiger partial charge on any atom is 0.337 e. The zero-order valence-electron chi connectivity index (χ0n) is 10.6. The lowest BCUT2D eigenvalue weighted by molar-refractivity contribution is 0.0696. The van der Waals surface area contributed by atoms with E-state index in [2.05, 4.69) is 29.8 Å². The minimum atomic E-state index is -0.973. The molecule has 0 amide bonds. The number of hydrogen-bond acceptors (Lipinski definition) is 4. The predicted octanol–water partition coefficient (Wildman–Crippen LogP) is 1.90. The van der Waals surface area contributed by atoms with Gasteiger partial charge in [0.05, 0.1) is 17.3 Å². The molecule has 18 heavy (non-hydrogen) atoms. The quantitative estimate of drug-likeness (QED) is 0.830. The van der Waals surface area contributed by atoms with Crippen molar-refractivity contribution in [2.45, 2.75) is 32.9 Å². The van der Waals surface area contributed by atoms with E-state index in [4.69, 9.17) is 10.4 Å². The lowest BCUT2D eigenvalue weighted by Crippen LogP contribution is -2.31. The zero-order valence-corrected chi connectivity index (χ0v) is 10.6. The SMILES string of the molecule is CC(C)N(CCC#N)Cc1ccc(C(=O)O)cn1. The maximum absolute atomic E-state index is 10.7. The van der Waals surface area contributed by atoms with Crippen LogP contribution in [0.1, 0.15) is 36.3 Å². The van der Waals surface area contributed by atoms with Crippen LogP contribution < -0.4 is 0 Å². The number of aromatic carboxylic acids is 1. The summed E-state index contributed by atoms with van der Waals surface area (Å²) >= 11 is 0. The summed E-state index contributed by atoms with van der Waals surface area (Å²) in [5.41, 5.74) is 0.999. The Hall–Kier alpha value is -1.93. The number of pyridine rings is 1. The first-order chi connectivity index (χ1) is 8.54. The van der Waals surface area contributed by atoms with Gasteiger partial charge in [-0.3, -0.25) is 9.88 Å². The second-order valence-corrected chi connectivity index (χ2v) is 4.32. The number of carboxylic acids is 1. The highest BCUT2D eigenvalue weighted by atomic mass is 16.4. The molecule has 1 aromatic rings. The van der Waals surface area contributed by atoms with E-state index >= 15 is 0 Å².